The molecule has 2 fully saturated rings. The van der Waals surface area contributed by atoms with E-state index < -0.39 is 21.2 Å². The molecule has 0 spiro atoms. The van der Waals surface area contributed by atoms with Crippen LogP contribution >= 0.6 is 11.6 Å². The number of halogens is 1. The van der Waals surface area contributed by atoms with Gasteiger partial charge in [-0.1, -0.05) is 11.6 Å². The third-order valence-corrected chi connectivity index (χ3v) is 8.94. The molecule has 1 saturated heterocycles. The fourth-order valence-electron chi connectivity index (χ4n) is 4.63. The van der Waals surface area contributed by atoms with Crippen molar-refractivity contribution in [3.8, 4) is 0 Å². The van der Waals surface area contributed by atoms with Crippen LogP contribution in [0, 0.1) is 0 Å². The van der Waals surface area contributed by atoms with Gasteiger partial charge >= 0.3 is 0 Å². The average Bonchev–Trinajstić information content (AvgIpc) is 3.28. The first-order chi connectivity index (χ1) is 16.0. The van der Waals surface area contributed by atoms with Gasteiger partial charge < -0.3 is 18.8 Å². The molecule has 0 aromatic carbocycles. The van der Waals surface area contributed by atoms with Gasteiger partial charge in [-0.2, -0.15) is 0 Å². The number of hydrogen-bond donors (Lipinski definition) is 0. The Morgan fingerprint density at radius 3 is 2.41 bits per heavy atom. The topological polar surface area (TPSA) is 118 Å². The second kappa shape index (κ2) is 9.42. The minimum Gasteiger partial charge on any atom is -0.382 e. The highest BCUT2D eigenvalue weighted by Gasteiger charge is 2.50. The van der Waals surface area contributed by atoms with Crippen LogP contribution in [0.1, 0.15) is 76.1 Å². The number of sulfone groups is 1. The van der Waals surface area contributed by atoms with Crippen molar-refractivity contribution < 1.29 is 22.6 Å². The molecule has 4 rings (SSSR count). The van der Waals surface area contributed by atoms with Gasteiger partial charge in [0, 0.05) is 26.6 Å². The van der Waals surface area contributed by atoms with E-state index in [1.807, 2.05) is 18.4 Å². The lowest BCUT2D eigenvalue weighted by Crippen LogP contribution is -2.33. The van der Waals surface area contributed by atoms with Gasteiger partial charge in [-0.05, 0) is 46.5 Å². The highest BCUT2D eigenvalue weighted by atomic mass is 35.5. The molecule has 0 bridgehead atoms. The summed E-state index contributed by atoms with van der Waals surface area (Å²) in [6, 6.07) is 0. The molecule has 1 aliphatic carbocycles. The number of hydrogen-bond acceptors (Lipinski definition) is 9. The summed E-state index contributed by atoms with van der Waals surface area (Å²) in [6.07, 6.45) is 5.17. The first-order valence-corrected chi connectivity index (χ1v) is 13.4. The summed E-state index contributed by atoms with van der Waals surface area (Å²) in [6.45, 7) is 6.14. The second-order valence-corrected chi connectivity index (χ2v) is 12.6. The van der Waals surface area contributed by atoms with Gasteiger partial charge in [0.25, 0.3) is 0 Å². The Morgan fingerprint density at radius 2 is 1.88 bits per heavy atom. The van der Waals surface area contributed by atoms with Crippen LogP contribution < -0.4 is 0 Å². The highest BCUT2D eigenvalue weighted by molar-refractivity contribution is 7.91. The maximum absolute atomic E-state index is 13.5. The molecule has 3 atom stereocenters. The van der Waals surface area contributed by atoms with Crippen molar-refractivity contribution in [1.29, 1.82) is 0 Å². The molecule has 0 radical (unpaired) electrons. The number of rotatable bonds is 10. The normalized spacial score (nSPS) is 23.1. The molecule has 1 aliphatic heterocycles. The first-order valence-electron chi connectivity index (χ1n) is 11.4. The molecule has 3 heterocycles. The molecule has 0 amide bonds. The van der Waals surface area contributed by atoms with Gasteiger partial charge in [0.2, 0.25) is 0 Å². The SMILES string of the molecule is COCC1(n2c(CS(=O)(=O)[C@@H](C)[C@H](OC)c3ncc(Cl)cn3)nnc2[C@H]2CCC(C)(C)O2)CC1. The first kappa shape index (κ1) is 25.4. The smallest absolute Gasteiger partial charge is 0.163 e. The van der Waals surface area contributed by atoms with E-state index in [9.17, 15) is 8.42 Å². The van der Waals surface area contributed by atoms with Crippen LogP contribution in [0.3, 0.4) is 0 Å². The molecule has 0 N–H and O–H groups in total. The van der Waals surface area contributed by atoms with Crippen LogP contribution in [-0.4, -0.2) is 64.8 Å². The van der Waals surface area contributed by atoms with E-state index >= 15 is 0 Å². The van der Waals surface area contributed by atoms with Crippen molar-refractivity contribution in [2.45, 2.75) is 80.8 Å². The lowest BCUT2D eigenvalue weighted by molar-refractivity contribution is -0.0231. The van der Waals surface area contributed by atoms with Crippen molar-refractivity contribution in [2.24, 2.45) is 0 Å². The monoisotopic (exact) mass is 513 g/mol. The summed E-state index contributed by atoms with van der Waals surface area (Å²) in [5.74, 6) is 1.01. The van der Waals surface area contributed by atoms with E-state index in [-0.39, 0.29) is 28.8 Å². The quantitative estimate of drug-likeness (QED) is 0.471. The fourth-order valence-corrected chi connectivity index (χ4v) is 6.15. The molecular weight excluding hydrogens is 482 g/mol. The Balaban J connectivity index is 1.65. The number of ether oxygens (including phenoxy) is 3. The van der Waals surface area contributed by atoms with Crippen LogP contribution in [-0.2, 0) is 35.3 Å². The van der Waals surface area contributed by atoms with Crippen molar-refractivity contribution in [3.63, 3.8) is 0 Å². The van der Waals surface area contributed by atoms with E-state index in [0.29, 0.717) is 23.3 Å². The van der Waals surface area contributed by atoms with Crippen molar-refractivity contribution in [3.05, 3.63) is 34.9 Å². The Labute approximate surface area is 205 Å². The lowest BCUT2D eigenvalue weighted by atomic mass is 10.1. The van der Waals surface area contributed by atoms with Crippen molar-refractivity contribution in [1.82, 2.24) is 24.7 Å². The lowest BCUT2D eigenvalue weighted by Gasteiger charge is -2.25. The van der Waals surface area contributed by atoms with Gasteiger partial charge in [-0.3, -0.25) is 0 Å². The Hall–Kier alpha value is -1.66. The molecule has 34 heavy (non-hydrogen) atoms. The van der Waals surface area contributed by atoms with Crippen LogP contribution in [0.4, 0.5) is 0 Å². The van der Waals surface area contributed by atoms with E-state index in [1.165, 1.54) is 19.5 Å². The largest absolute Gasteiger partial charge is 0.382 e. The number of aromatic nitrogens is 5. The molecule has 2 aromatic heterocycles. The van der Waals surface area contributed by atoms with Gasteiger partial charge in [0.15, 0.2) is 21.5 Å². The van der Waals surface area contributed by atoms with Gasteiger partial charge in [0.1, 0.15) is 23.8 Å². The summed E-state index contributed by atoms with van der Waals surface area (Å²) in [7, 11) is -0.646. The Bertz CT molecular complexity index is 1120. The predicted molar refractivity (Wildman–Crippen MR) is 125 cm³/mol. The maximum atomic E-state index is 13.5. The molecule has 188 valence electrons. The molecule has 2 aromatic rings. The predicted octanol–water partition coefficient (Wildman–Crippen LogP) is 3.18. The van der Waals surface area contributed by atoms with Crippen molar-refractivity contribution in [2.75, 3.05) is 20.8 Å². The molecule has 12 heteroatoms. The second-order valence-electron chi connectivity index (χ2n) is 9.80. The van der Waals surface area contributed by atoms with E-state index in [4.69, 9.17) is 25.8 Å². The third kappa shape index (κ3) is 4.99. The zero-order chi connectivity index (χ0) is 24.7. The molecule has 10 nitrogen and oxygen atoms in total. The Kier molecular flexibility index (Phi) is 7.05. The average molecular weight is 514 g/mol. The molecular formula is C22H32ClN5O5S. The standard InChI is InChI=1S/C22H32ClN5O5S/c1-14(18(32-5)19-24-10-15(23)11-25-19)34(29,30)12-17-26-27-20(16-6-7-21(2,3)33-16)28(17)22(8-9-22)13-31-4/h10-11,14,16,18H,6-9,12-13H2,1-5H3/t14-,16+,18-/m0/s1. The third-order valence-electron chi connectivity index (χ3n) is 6.70. The zero-order valence-corrected chi connectivity index (χ0v) is 21.8. The van der Waals surface area contributed by atoms with Gasteiger partial charge in [-0.15, -0.1) is 10.2 Å². The van der Waals surface area contributed by atoms with Crippen LogP contribution in [0.5, 0.6) is 0 Å². The fraction of sp³-hybridized carbons (Fsp3) is 0.727. The molecule has 1 saturated carbocycles. The van der Waals surface area contributed by atoms with Gasteiger partial charge in [0.05, 0.1) is 28.0 Å². The maximum Gasteiger partial charge on any atom is 0.163 e. The summed E-state index contributed by atoms with van der Waals surface area (Å²) in [5, 5.41) is 8.21. The van der Waals surface area contributed by atoms with Crippen LogP contribution in [0.25, 0.3) is 0 Å². The van der Waals surface area contributed by atoms with Crippen LogP contribution in [0.15, 0.2) is 12.4 Å². The van der Waals surface area contributed by atoms with E-state index in [2.05, 4.69) is 20.2 Å². The summed E-state index contributed by atoms with van der Waals surface area (Å²) in [4.78, 5) is 8.31. The van der Waals surface area contributed by atoms with Crippen LogP contribution in [0.2, 0.25) is 5.02 Å². The summed E-state index contributed by atoms with van der Waals surface area (Å²) < 4.78 is 46.2. The molecule has 2 aliphatic rings. The summed E-state index contributed by atoms with van der Waals surface area (Å²) >= 11 is 5.88. The Morgan fingerprint density at radius 1 is 1.21 bits per heavy atom. The van der Waals surface area contributed by atoms with E-state index in [1.54, 1.807) is 14.0 Å². The highest BCUT2D eigenvalue weighted by Crippen LogP contribution is 2.48. The van der Waals surface area contributed by atoms with Crippen molar-refractivity contribution >= 4 is 21.4 Å². The number of methoxy groups -OCH3 is 2. The summed E-state index contributed by atoms with van der Waals surface area (Å²) in [5.41, 5.74) is -0.609. The minimum atomic E-state index is -3.73. The minimum absolute atomic E-state index is 0.236. The zero-order valence-electron chi connectivity index (χ0n) is 20.2. The molecule has 0 unspecified atom stereocenters. The number of nitrogens with zero attached hydrogens (tertiary/aromatic N) is 5. The van der Waals surface area contributed by atoms with Gasteiger partial charge in [-0.25, -0.2) is 18.4 Å². The van der Waals surface area contributed by atoms with E-state index in [0.717, 1.165) is 25.7 Å².